The summed E-state index contributed by atoms with van der Waals surface area (Å²) in [5.74, 6) is -11.8. The topological polar surface area (TPSA) is 449 Å². The summed E-state index contributed by atoms with van der Waals surface area (Å²) in [4.78, 5) is 147. The highest BCUT2D eigenvalue weighted by molar-refractivity contribution is 5.98. The molecule has 0 saturated heterocycles. The van der Waals surface area contributed by atoms with Gasteiger partial charge in [-0.05, 0) is 114 Å². The summed E-state index contributed by atoms with van der Waals surface area (Å²) in [6, 6.07) is -3.22. The van der Waals surface area contributed by atoms with Crippen LogP contribution in [-0.4, -0.2) is 154 Å². The molecule has 0 heterocycles. The molecule has 0 aliphatic rings. The van der Waals surface area contributed by atoms with Crippen LogP contribution in [0.5, 0.6) is 0 Å². The molecule has 0 unspecified atom stereocenters. The minimum atomic E-state index is -1.57. The third kappa shape index (κ3) is 27.9. The maximum atomic E-state index is 14.6. The molecule has 0 aromatic heterocycles. The Morgan fingerprint density at radius 2 is 0.838 bits per heavy atom. The van der Waals surface area contributed by atoms with E-state index in [0.29, 0.717) is 57.1 Å². The van der Waals surface area contributed by atoms with E-state index >= 15 is 0 Å². The van der Waals surface area contributed by atoms with Gasteiger partial charge >= 0.3 is 17.9 Å². The standard InChI is InChI=1S/C54H92N12O14/c1-7-33(6)45(53(78)62-39(54(79)80)23-25-43(69)70)66-49(74)37(21-13-16-28-57)61-50(75)40(29-31(2)3)63-51(76)41(30-34-17-9-8-10-18-34)64-52(77)44(32(4)5)65-48(73)36(20-12-15-27-56)60-47(72)38(22-24-42(67)68)59-46(71)35(58)19-11-14-26-55/h8-10,17-18,31-33,35-41,44-45H,7,11-16,19-30,55-58H2,1-6H3,(H,59,71)(H,60,72)(H,61,75)(H,62,78)(H,63,76)(H,64,77)(H,65,73)(H,66,74)(H,67,68)(H,69,70)(H,79,80)/t33-,35-,36-,37-,38-,39-,40-,41-,44-,45-/m0/s1. The highest BCUT2D eigenvalue weighted by atomic mass is 16.4. The van der Waals surface area contributed by atoms with Crippen molar-refractivity contribution in [3.63, 3.8) is 0 Å². The number of carboxylic acid groups (broad SMARTS) is 3. The molecule has 452 valence electrons. The number of hydrogen-bond acceptors (Lipinski definition) is 15. The largest absolute Gasteiger partial charge is 0.481 e. The number of rotatable bonds is 42. The third-order valence-electron chi connectivity index (χ3n) is 13.3. The maximum Gasteiger partial charge on any atom is 0.326 e. The van der Waals surface area contributed by atoms with Crippen LogP contribution in [0, 0.1) is 17.8 Å². The molecule has 26 nitrogen and oxygen atoms in total. The number of amides is 8. The maximum absolute atomic E-state index is 14.6. The normalized spacial score (nSPS) is 15.0. The van der Waals surface area contributed by atoms with Crippen molar-refractivity contribution in [3.8, 4) is 0 Å². The van der Waals surface area contributed by atoms with Gasteiger partial charge in [0.05, 0.1) is 6.04 Å². The van der Waals surface area contributed by atoms with Crippen LogP contribution in [0.2, 0.25) is 0 Å². The number of nitrogens with one attached hydrogen (secondary N) is 8. The number of carbonyl (C=O) groups excluding carboxylic acids is 8. The first kappa shape index (κ1) is 71.2. The predicted octanol–water partition coefficient (Wildman–Crippen LogP) is -0.616. The molecular weight excluding hydrogens is 1040 g/mol. The van der Waals surface area contributed by atoms with Gasteiger partial charge in [0.1, 0.15) is 48.3 Å². The number of carbonyl (C=O) groups is 11. The lowest BCUT2D eigenvalue weighted by Crippen LogP contribution is -2.61. The van der Waals surface area contributed by atoms with Crippen LogP contribution in [0.25, 0.3) is 0 Å². The summed E-state index contributed by atoms with van der Waals surface area (Å²) in [7, 11) is 0. The van der Waals surface area contributed by atoms with Crippen LogP contribution in [-0.2, 0) is 59.2 Å². The molecule has 0 aliphatic carbocycles. The minimum absolute atomic E-state index is 0.0322. The van der Waals surface area contributed by atoms with Crippen molar-refractivity contribution in [2.45, 2.75) is 199 Å². The van der Waals surface area contributed by atoms with Gasteiger partial charge < -0.3 is 80.8 Å². The van der Waals surface area contributed by atoms with Crippen molar-refractivity contribution in [1.29, 1.82) is 0 Å². The fraction of sp³-hybridized carbons (Fsp3) is 0.685. The number of nitrogens with two attached hydrogens (primary N) is 4. The van der Waals surface area contributed by atoms with Crippen LogP contribution in [0.1, 0.15) is 143 Å². The van der Waals surface area contributed by atoms with Crippen molar-refractivity contribution in [3.05, 3.63) is 35.9 Å². The monoisotopic (exact) mass is 1130 g/mol. The molecule has 0 radical (unpaired) electrons. The predicted molar refractivity (Wildman–Crippen MR) is 297 cm³/mol. The number of carboxylic acids is 3. The summed E-state index contributed by atoms with van der Waals surface area (Å²) < 4.78 is 0. The first-order valence-corrected chi connectivity index (χ1v) is 27.8. The first-order chi connectivity index (χ1) is 37.8. The van der Waals surface area contributed by atoms with E-state index < -0.39 is 151 Å². The van der Waals surface area contributed by atoms with E-state index in [4.69, 9.17) is 28.0 Å². The molecule has 0 fully saturated rings. The van der Waals surface area contributed by atoms with Crippen LogP contribution in [0.15, 0.2) is 30.3 Å². The smallest absolute Gasteiger partial charge is 0.326 e. The molecule has 1 rings (SSSR count). The number of unbranched alkanes of at least 4 members (excludes halogenated alkanes) is 3. The Morgan fingerprint density at radius 1 is 0.450 bits per heavy atom. The van der Waals surface area contributed by atoms with Crippen molar-refractivity contribution in [2.75, 3.05) is 19.6 Å². The molecule has 0 aliphatic heterocycles. The van der Waals surface area contributed by atoms with E-state index in [0.717, 1.165) is 0 Å². The Hall–Kier alpha value is -6.77. The van der Waals surface area contributed by atoms with Crippen molar-refractivity contribution < 1.29 is 68.1 Å². The Balaban J connectivity index is 3.60. The lowest BCUT2D eigenvalue weighted by atomic mass is 9.96. The summed E-state index contributed by atoms with van der Waals surface area (Å²) in [6.45, 7) is 11.2. The van der Waals surface area contributed by atoms with E-state index in [1.807, 2.05) is 0 Å². The molecule has 1 aromatic rings. The van der Waals surface area contributed by atoms with Crippen LogP contribution in [0.3, 0.4) is 0 Å². The highest BCUT2D eigenvalue weighted by Crippen LogP contribution is 2.15. The van der Waals surface area contributed by atoms with E-state index in [-0.39, 0.29) is 57.5 Å². The summed E-state index contributed by atoms with van der Waals surface area (Å²) >= 11 is 0. The number of hydrogen-bond donors (Lipinski definition) is 15. The van der Waals surface area contributed by atoms with E-state index in [1.165, 1.54) is 0 Å². The van der Waals surface area contributed by atoms with Gasteiger partial charge in [0.2, 0.25) is 47.3 Å². The van der Waals surface area contributed by atoms with Gasteiger partial charge in [-0.3, -0.25) is 47.9 Å². The zero-order valence-electron chi connectivity index (χ0n) is 47.4. The lowest BCUT2D eigenvalue weighted by Gasteiger charge is -2.30. The van der Waals surface area contributed by atoms with Crippen LogP contribution < -0.4 is 65.5 Å². The molecule has 80 heavy (non-hydrogen) atoms. The third-order valence-corrected chi connectivity index (χ3v) is 13.3. The number of aliphatic carboxylic acids is 3. The van der Waals surface area contributed by atoms with Gasteiger partial charge in [-0.2, -0.15) is 0 Å². The fourth-order valence-electron chi connectivity index (χ4n) is 8.35. The Bertz CT molecular complexity index is 2150. The van der Waals surface area contributed by atoms with E-state index in [1.54, 1.807) is 71.9 Å². The summed E-state index contributed by atoms with van der Waals surface area (Å²) in [6.07, 6.45) is 1.58. The van der Waals surface area contributed by atoms with Crippen LogP contribution in [0.4, 0.5) is 0 Å². The molecule has 10 atom stereocenters. The van der Waals surface area contributed by atoms with Gasteiger partial charge in [0.15, 0.2) is 0 Å². The molecule has 0 bridgehead atoms. The van der Waals surface area contributed by atoms with Crippen molar-refractivity contribution in [2.24, 2.45) is 40.7 Å². The molecule has 0 saturated carbocycles. The quantitative estimate of drug-likeness (QED) is 0.0363. The lowest BCUT2D eigenvalue weighted by molar-refractivity contribution is -0.144. The molecule has 26 heteroatoms. The number of benzene rings is 1. The molecule has 8 amide bonds. The van der Waals surface area contributed by atoms with Gasteiger partial charge in [-0.1, -0.05) is 84.7 Å². The van der Waals surface area contributed by atoms with Gasteiger partial charge in [-0.25, -0.2) is 4.79 Å². The second-order valence-corrected chi connectivity index (χ2v) is 21.0. The van der Waals surface area contributed by atoms with Gasteiger partial charge in [0.25, 0.3) is 0 Å². The second kappa shape index (κ2) is 38.8. The molecule has 19 N–H and O–H groups in total. The average Bonchev–Trinajstić information content (AvgIpc) is 3.39. The SMILES string of the molecule is CC[C@H](C)[C@H](NC(=O)[C@H](CCCCN)NC(=O)[C@H](CC(C)C)NC(=O)[C@H](Cc1ccccc1)NC(=O)[C@@H](NC(=O)[C@H](CCCCN)NC(=O)[C@H](CCC(=O)O)NC(=O)[C@@H](N)CCCCN)C(C)C)C(=O)N[C@@H](CCC(=O)O)C(=O)O. The Kier molecular flexibility index (Phi) is 34.5. The van der Waals surface area contributed by atoms with Gasteiger partial charge in [-0.15, -0.1) is 0 Å². The second-order valence-electron chi connectivity index (χ2n) is 21.0. The Morgan fingerprint density at radius 3 is 1.30 bits per heavy atom. The zero-order chi connectivity index (χ0) is 60.5. The first-order valence-electron chi connectivity index (χ1n) is 27.8. The highest BCUT2D eigenvalue weighted by Gasteiger charge is 2.37. The van der Waals surface area contributed by atoms with E-state index in [2.05, 4.69) is 42.5 Å². The molecular formula is C54H92N12O14. The van der Waals surface area contributed by atoms with Crippen molar-refractivity contribution in [1.82, 2.24) is 42.5 Å². The molecule has 1 aromatic carbocycles. The minimum Gasteiger partial charge on any atom is -0.481 e. The Labute approximate surface area is 469 Å². The average molecular weight is 1130 g/mol. The zero-order valence-corrected chi connectivity index (χ0v) is 47.4. The van der Waals surface area contributed by atoms with Crippen LogP contribution >= 0.6 is 0 Å². The molecule has 0 spiro atoms. The van der Waals surface area contributed by atoms with Gasteiger partial charge in [0, 0.05) is 19.3 Å². The van der Waals surface area contributed by atoms with Crippen molar-refractivity contribution >= 4 is 65.2 Å². The summed E-state index contributed by atoms with van der Waals surface area (Å²) in [5, 5.41) is 49.3. The summed E-state index contributed by atoms with van der Waals surface area (Å²) in [5.41, 5.74) is 23.7. The fourth-order valence-corrected chi connectivity index (χ4v) is 8.35. The van der Waals surface area contributed by atoms with E-state index in [9.17, 15) is 63.0 Å².